The van der Waals surface area contributed by atoms with E-state index in [0.717, 1.165) is 11.3 Å². The van der Waals surface area contributed by atoms with Gasteiger partial charge < -0.3 is 19.2 Å². The van der Waals surface area contributed by atoms with Gasteiger partial charge in [-0.1, -0.05) is 12.1 Å². The average Bonchev–Trinajstić information content (AvgIpc) is 3.10. The lowest BCUT2D eigenvalue weighted by molar-refractivity contribution is -0.153. The summed E-state index contributed by atoms with van der Waals surface area (Å²) in [6.07, 6.45) is 2.03. The van der Waals surface area contributed by atoms with E-state index in [-0.39, 0.29) is 12.3 Å². The van der Waals surface area contributed by atoms with Gasteiger partial charge in [-0.05, 0) is 43.2 Å². The number of nitrogens with zero attached hydrogens (tertiary/aromatic N) is 1. The van der Waals surface area contributed by atoms with E-state index in [9.17, 15) is 14.7 Å². The van der Waals surface area contributed by atoms with Gasteiger partial charge in [0.15, 0.2) is 0 Å². The number of likely N-dealkylation sites (tertiary alicyclic amines) is 1. The standard InChI is InChI=1S/C19H21NO5/c1-13-4-2-5-14(12-13)24-11-9-20-17(21)8-7-15(19(22)23)18(20)16-6-3-10-25-16/h2-6,10,12,15,18H,7-9,11H2,1H3,(H,22,23). The highest BCUT2D eigenvalue weighted by Gasteiger charge is 2.42. The Kier molecular flexibility index (Phi) is 5.07. The van der Waals surface area contributed by atoms with Gasteiger partial charge in [-0.2, -0.15) is 0 Å². The molecule has 1 saturated heterocycles. The zero-order valence-corrected chi connectivity index (χ0v) is 14.1. The lowest BCUT2D eigenvalue weighted by atomic mass is 9.87. The van der Waals surface area contributed by atoms with Crippen molar-refractivity contribution in [2.45, 2.75) is 25.8 Å². The van der Waals surface area contributed by atoms with Gasteiger partial charge in [-0.25, -0.2) is 0 Å². The van der Waals surface area contributed by atoms with Gasteiger partial charge in [0.05, 0.1) is 18.7 Å². The Bertz CT molecular complexity index is 740. The van der Waals surface area contributed by atoms with E-state index in [1.165, 1.54) is 6.26 Å². The fraction of sp³-hybridized carbons (Fsp3) is 0.368. The normalized spacial score (nSPS) is 20.5. The Balaban J connectivity index is 1.73. The molecule has 0 bridgehead atoms. The van der Waals surface area contributed by atoms with Crippen LogP contribution in [0.5, 0.6) is 5.75 Å². The van der Waals surface area contributed by atoms with Crippen LogP contribution in [0.3, 0.4) is 0 Å². The van der Waals surface area contributed by atoms with Crippen LogP contribution in [-0.4, -0.2) is 35.0 Å². The highest BCUT2D eigenvalue weighted by Crippen LogP contribution is 2.37. The molecule has 0 saturated carbocycles. The molecule has 0 aliphatic carbocycles. The van der Waals surface area contributed by atoms with Crippen LogP contribution in [0, 0.1) is 12.8 Å². The number of aliphatic carboxylic acids is 1. The predicted molar refractivity (Wildman–Crippen MR) is 90.2 cm³/mol. The predicted octanol–water partition coefficient (Wildman–Crippen LogP) is 3.03. The first-order valence-electron chi connectivity index (χ1n) is 8.31. The van der Waals surface area contributed by atoms with Crippen LogP contribution < -0.4 is 4.74 Å². The lowest BCUT2D eigenvalue weighted by Gasteiger charge is -2.38. The molecule has 6 nitrogen and oxygen atoms in total. The number of furan rings is 1. The third-order valence-corrected chi connectivity index (χ3v) is 4.45. The largest absolute Gasteiger partial charge is 0.492 e. The van der Waals surface area contributed by atoms with Crippen LogP contribution in [0.2, 0.25) is 0 Å². The van der Waals surface area contributed by atoms with Crippen molar-refractivity contribution in [3.63, 3.8) is 0 Å². The topological polar surface area (TPSA) is 80.0 Å². The maximum Gasteiger partial charge on any atom is 0.309 e. The van der Waals surface area contributed by atoms with Crippen molar-refractivity contribution in [2.75, 3.05) is 13.2 Å². The highest BCUT2D eigenvalue weighted by atomic mass is 16.5. The van der Waals surface area contributed by atoms with Crippen LogP contribution >= 0.6 is 0 Å². The Morgan fingerprint density at radius 3 is 2.88 bits per heavy atom. The number of carbonyl (C=O) groups is 2. The second-order valence-electron chi connectivity index (χ2n) is 6.20. The number of benzene rings is 1. The molecule has 1 fully saturated rings. The van der Waals surface area contributed by atoms with Crippen LogP contribution in [-0.2, 0) is 9.59 Å². The minimum atomic E-state index is -0.918. The summed E-state index contributed by atoms with van der Waals surface area (Å²) in [6.45, 7) is 2.58. The van der Waals surface area contributed by atoms with E-state index in [2.05, 4.69) is 0 Å². The summed E-state index contributed by atoms with van der Waals surface area (Å²) >= 11 is 0. The molecule has 2 heterocycles. The minimum Gasteiger partial charge on any atom is -0.492 e. The molecule has 1 aliphatic rings. The van der Waals surface area contributed by atoms with Gasteiger partial charge in [0.25, 0.3) is 0 Å². The lowest BCUT2D eigenvalue weighted by Crippen LogP contribution is -2.46. The molecule has 6 heteroatoms. The monoisotopic (exact) mass is 343 g/mol. The fourth-order valence-corrected chi connectivity index (χ4v) is 3.25. The van der Waals surface area contributed by atoms with Crippen molar-refractivity contribution < 1.29 is 23.8 Å². The first kappa shape index (κ1) is 17.1. The van der Waals surface area contributed by atoms with Gasteiger partial charge in [0.2, 0.25) is 5.91 Å². The smallest absolute Gasteiger partial charge is 0.309 e. The SMILES string of the molecule is Cc1cccc(OCCN2C(=O)CCC(C(=O)O)C2c2ccco2)c1. The molecule has 1 aliphatic heterocycles. The van der Waals surface area contributed by atoms with Crippen molar-refractivity contribution in [2.24, 2.45) is 5.92 Å². The second-order valence-corrected chi connectivity index (χ2v) is 6.20. The average molecular weight is 343 g/mol. The maximum absolute atomic E-state index is 12.4. The fourth-order valence-electron chi connectivity index (χ4n) is 3.25. The zero-order chi connectivity index (χ0) is 17.8. The number of carboxylic acid groups (broad SMARTS) is 1. The number of carboxylic acids is 1. The number of amides is 1. The van der Waals surface area contributed by atoms with E-state index in [1.54, 1.807) is 17.0 Å². The molecule has 2 aromatic rings. The number of aryl methyl sites for hydroxylation is 1. The number of hydrogen-bond donors (Lipinski definition) is 1. The quantitative estimate of drug-likeness (QED) is 0.872. The zero-order valence-electron chi connectivity index (χ0n) is 14.1. The van der Waals surface area contributed by atoms with Crippen molar-refractivity contribution in [1.82, 2.24) is 4.90 Å². The molecule has 25 heavy (non-hydrogen) atoms. The summed E-state index contributed by atoms with van der Waals surface area (Å²) < 4.78 is 11.1. The van der Waals surface area contributed by atoms with Crippen molar-refractivity contribution in [3.05, 3.63) is 54.0 Å². The molecule has 0 spiro atoms. The van der Waals surface area contributed by atoms with Gasteiger partial charge >= 0.3 is 5.97 Å². The molecule has 1 aromatic heterocycles. The minimum absolute atomic E-state index is 0.0771. The molecule has 2 atom stereocenters. The van der Waals surface area contributed by atoms with Gasteiger partial charge in [0, 0.05) is 6.42 Å². The number of piperidine rings is 1. The molecular formula is C19H21NO5. The summed E-state index contributed by atoms with van der Waals surface area (Å²) in [4.78, 5) is 25.6. The van der Waals surface area contributed by atoms with Crippen molar-refractivity contribution >= 4 is 11.9 Å². The molecular weight excluding hydrogens is 322 g/mol. The Hall–Kier alpha value is -2.76. The first-order chi connectivity index (χ1) is 12.1. The first-order valence-corrected chi connectivity index (χ1v) is 8.31. The summed E-state index contributed by atoms with van der Waals surface area (Å²) in [5, 5.41) is 9.53. The van der Waals surface area contributed by atoms with E-state index >= 15 is 0 Å². The Labute approximate surface area is 146 Å². The van der Waals surface area contributed by atoms with E-state index in [0.29, 0.717) is 25.3 Å². The van der Waals surface area contributed by atoms with Crippen molar-refractivity contribution in [3.8, 4) is 5.75 Å². The molecule has 1 amide bonds. The van der Waals surface area contributed by atoms with Crippen LogP contribution in [0.1, 0.15) is 30.2 Å². The molecule has 0 radical (unpaired) electrons. The van der Waals surface area contributed by atoms with Crippen LogP contribution in [0.15, 0.2) is 47.1 Å². The summed E-state index contributed by atoms with van der Waals surface area (Å²) in [6, 6.07) is 10.5. The van der Waals surface area contributed by atoms with E-state index < -0.39 is 17.9 Å². The third-order valence-electron chi connectivity index (χ3n) is 4.45. The van der Waals surface area contributed by atoms with Crippen molar-refractivity contribution in [1.29, 1.82) is 0 Å². The highest BCUT2D eigenvalue weighted by molar-refractivity contribution is 5.81. The molecule has 132 valence electrons. The molecule has 2 unspecified atom stereocenters. The molecule has 3 rings (SSSR count). The van der Waals surface area contributed by atoms with E-state index in [4.69, 9.17) is 9.15 Å². The Morgan fingerprint density at radius 1 is 1.36 bits per heavy atom. The van der Waals surface area contributed by atoms with Crippen LogP contribution in [0.25, 0.3) is 0 Å². The van der Waals surface area contributed by atoms with E-state index in [1.807, 2.05) is 31.2 Å². The molecule has 1 aromatic carbocycles. The second kappa shape index (κ2) is 7.42. The van der Waals surface area contributed by atoms with Gasteiger partial charge in [-0.15, -0.1) is 0 Å². The number of ether oxygens (including phenoxy) is 1. The number of hydrogen-bond acceptors (Lipinski definition) is 4. The molecule has 1 N–H and O–H groups in total. The number of carbonyl (C=O) groups excluding carboxylic acids is 1. The van der Waals surface area contributed by atoms with Gasteiger partial charge in [0.1, 0.15) is 24.2 Å². The summed E-state index contributed by atoms with van der Waals surface area (Å²) in [7, 11) is 0. The summed E-state index contributed by atoms with van der Waals surface area (Å²) in [5.41, 5.74) is 1.09. The van der Waals surface area contributed by atoms with Gasteiger partial charge in [-0.3, -0.25) is 9.59 Å². The Morgan fingerprint density at radius 2 is 2.20 bits per heavy atom. The summed E-state index contributed by atoms with van der Waals surface area (Å²) in [5.74, 6) is -0.446. The maximum atomic E-state index is 12.4. The third kappa shape index (κ3) is 3.84. The number of rotatable bonds is 6. The van der Waals surface area contributed by atoms with Crippen LogP contribution in [0.4, 0.5) is 0 Å².